The van der Waals surface area contributed by atoms with E-state index in [1.807, 2.05) is 48.5 Å². The number of nitrogens with zero attached hydrogens (tertiary/aromatic N) is 1. The average Bonchev–Trinajstić information content (AvgIpc) is 2.83. The van der Waals surface area contributed by atoms with Crippen LogP contribution < -0.4 is 10.9 Å². The molecule has 0 aliphatic heterocycles. The Morgan fingerprint density at radius 2 is 1.30 bits per heavy atom. The molecule has 0 atom stereocenters. The molecule has 33 heavy (non-hydrogen) atoms. The lowest BCUT2D eigenvalue weighted by atomic mass is 10.0. The summed E-state index contributed by atoms with van der Waals surface area (Å²) in [5.41, 5.74) is 4.14. The second-order valence-electron chi connectivity index (χ2n) is 8.83. The molecule has 0 spiro atoms. The number of hydrogen-bond acceptors (Lipinski definition) is 3. The molecule has 0 saturated carbocycles. The summed E-state index contributed by atoms with van der Waals surface area (Å²) in [6, 6.07) is 17.1. The Hall–Kier alpha value is -3.44. The Kier molecular flexibility index (Phi) is 5.73. The summed E-state index contributed by atoms with van der Waals surface area (Å²) in [6.07, 6.45) is 3.14. The minimum atomic E-state index is -0.0229. The monoisotopic (exact) mass is 439 g/mol. The predicted molar refractivity (Wildman–Crippen MR) is 138 cm³/mol. The van der Waals surface area contributed by atoms with Crippen LogP contribution in [0.4, 0.5) is 0 Å². The zero-order valence-corrected chi connectivity index (χ0v) is 19.2. The molecule has 5 heteroatoms. The van der Waals surface area contributed by atoms with E-state index in [9.17, 15) is 9.59 Å². The SMILES string of the molecule is CCCN(CCC)CCc1cccc2c(=O)c3cc4[nH]c5ccccc5c(=O)c4cc3[nH]c12. The standard InChI is InChI=1S/C28H29N3O2/c1-3-13-31(14-4-2)15-12-18-8-7-10-20-26(18)30-25-17-21-24(16-22(25)28(20)33)29-23-11-6-5-9-19(23)27(21)32/h5-11,16-17H,3-4,12-15H2,1-2H3,(H,29,32)(H,30,33). The normalized spacial score (nSPS) is 12.0. The highest BCUT2D eigenvalue weighted by atomic mass is 16.1. The Bertz CT molecular complexity index is 1590. The summed E-state index contributed by atoms with van der Waals surface area (Å²) >= 11 is 0. The molecule has 0 fully saturated rings. The van der Waals surface area contributed by atoms with Crippen LogP contribution in [0.2, 0.25) is 0 Å². The molecule has 2 aromatic heterocycles. The Morgan fingerprint density at radius 1 is 0.667 bits per heavy atom. The van der Waals surface area contributed by atoms with E-state index in [2.05, 4.69) is 34.8 Å². The van der Waals surface area contributed by atoms with Gasteiger partial charge in [-0.25, -0.2) is 0 Å². The van der Waals surface area contributed by atoms with Crippen LogP contribution in [-0.2, 0) is 6.42 Å². The molecular weight excluding hydrogens is 410 g/mol. The number of H-pyrrole nitrogens is 2. The van der Waals surface area contributed by atoms with E-state index in [1.54, 1.807) is 0 Å². The molecule has 0 aliphatic carbocycles. The molecule has 3 aromatic carbocycles. The van der Waals surface area contributed by atoms with Crippen molar-refractivity contribution in [3.05, 3.63) is 80.6 Å². The van der Waals surface area contributed by atoms with Gasteiger partial charge in [-0.3, -0.25) is 9.59 Å². The smallest absolute Gasteiger partial charge is 0.197 e. The van der Waals surface area contributed by atoms with Crippen LogP contribution in [0.15, 0.2) is 64.2 Å². The van der Waals surface area contributed by atoms with Crippen LogP contribution in [0, 0.1) is 0 Å². The number of para-hydroxylation sites is 2. The van der Waals surface area contributed by atoms with Crippen LogP contribution in [0.3, 0.4) is 0 Å². The molecule has 168 valence electrons. The third-order valence-electron chi connectivity index (χ3n) is 6.52. The molecule has 2 heterocycles. The Balaban J connectivity index is 1.68. The number of aromatic nitrogens is 2. The van der Waals surface area contributed by atoms with Gasteiger partial charge in [-0.1, -0.05) is 38.1 Å². The van der Waals surface area contributed by atoms with Gasteiger partial charge in [0.15, 0.2) is 10.9 Å². The summed E-state index contributed by atoms with van der Waals surface area (Å²) in [7, 11) is 0. The van der Waals surface area contributed by atoms with Gasteiger partial charge in [0.05, 0.1) is 16.6 Å². The summed E-state index contributed by atoms with van der Waals surface area (Å²) in [4.78, 5) is 35.9. The van der Waals surface area contributed by atoms with E-state index in [1.165, 1.54) is 0 Å². The van der Waals surface area contributed by atoms with Gasteiger partial charge < -0.3 is 14.9 Å². The summed E-state index contributed by atoms with van der Waals surface area (Å²) in [5, 5.41) is 2.53. The Morgan fingerprint density at radius 3 is 2.03 bits per heavy atom. The van der Waals surface area contributed by atoms with Gasteiger partial charge in [0.1, 0.15) is 0 Å². The lowest BCUT2D eigenvalue weighted by Crippen LogP contribution is -2.27. The fraction of sp³-hybridized carbons (Fsp3) is 0.286. The fourth-order valence-corrected chi connectivity index (χ4v) is 4.93. The molecule has 0 radical (unpaired) electrons. The molecular formula is C28H29N3O2. The lowest BCUT2D eigenvalue weighted by Gasteiger charge is -2.21. The molecule has 5 nitrogen and oxygen atoms in total. The average molecular weight is 440 g/mol. The number of rotatable bonds is 7. The van der Waals surface area contributed by atoms with Gasteiger partial charge in [-0.2, -0.15) is 0 Å². The maximum Gasteiger partial charge on any atom is 0.197 e. The molecule has 5 aromatic rings. The number of hydrogen-bond donors (Lipinski definition) is 2. The van der Waals surface area contributed by atoms with Crippen LogP contribution in [0.25, 0.3) is 43.6 Å². The largest absolute Gasteiger partial charge is 0.354 e. The summed E-state index contributed by atoms with van der Waals surface area (Å²) in [5.74, 6) is 0. The van der Waals surface area contributed by atoms with Crippen LogP contribution in [0.5, 0.6) is 0 Å². The fourth-order valence-electron chi connectivity index (χ4n) is 4.93. The first-order chi connectivity index (χ1) is 16.1. The predicted octanol–water partition coefficient (Wildman–Crippen LogP) is 5.34. The molecule has 2 N–H and O–H groups in total. The van der Waals surface area contributed by atoms with Gasteiger partial charge in [0.2, 0.25) is 0 Å². The maximum atomic E-state index is 13.5. The van der Waals surface area contributed by atoms with Crippen molar-refractivity contribution in [2.24, 2.45) is 0 Å². The number of aromatic amines is 2. The molecule has 5 rings (SSSR count). The van der Waals surface area contributed by atoms with Crippen molar-refractivity contribution in [2.45, 2.75) is 33.1 Å². The van der Waals surface area contributed by atoms with Crippen LogP contribution in [0.1, 0.15) is 32.3 Å². The topological polar surface area (TPSA) is 69.0 Å². The quantitative estimate of drug-likeness (QED) is 0.336. The van der Waals surface area contributed by atoms with Gasteiger partial charge >= 0.3 is 0 Å². The van der Waals surface area contributed by atoms with Gasteiger partial charge in [0.25, 0.3) is 0 Å². The van der Waals surface area contributed by atoms with Crippen molar-refractivity contribution in [1.29, 1.82) is 0 Å². The van der Waals surface area contributed by atoms with Crippen molar-refractivity contribution in [2.75, 3.05) is 19.6 Å². The van der Waals surface area contributed by atoms with Crippen molar-refractivity contribution >= 4 is 43.6 Å². The summed E-state index contributed by atoms with van der Waals surface area (Å²) < 4.78 is 0. The third-order valence-corrected chi connectivity index (χ3v) is 6.52. The number of benzene rings is 3. The Labute approximate surface area is 192 Å². The van der Waals surface area contributed by atoms with E-state index in [0.29, 0.717) is 32.6 Å². The minimum Gasteiger partial charge on any atom is -0.354 e. The zero-order valence-electron chi connectivity index (χ0n) is 19.2. The first kappa shape index (κ1) is 21.4. The second kappa shape index (κ2) is 8.83. The molecule has 0 saturated heterocycles. The van der Waals surface area contributed by atoms with E-state index in [-0.39, 0.29) is 10.9 Å². The van der Waals surface area contributed by atoms with E-state index < -0.39 is 0 Å². The second-order valence-corrected chi connectivity index (χ2v) is 8.83. The minimum absolute atomic E-state index is 0.00419. The van der Waals surface area contributed by atoms with Crippen LogP contribution in [-0.4, -0.2) is 34.5 Å². The van der Waals surface area contributed by atoms with Gasteiger partial charge in [-0.05, 0) is 68.2 Å². The molecule has 0 unspecified atom stereocenters. The highest BCUT2D eigenvalue weighted by Gasteiger charge is 2.13. The van der Waals surface area contributed by atoms with Crippen molar-refractivity contribution in [3.63, 3.8) is 0 Å². The lowest BCUT2D eigenvalue weighted by molar-refractivity contribution is 0.278. The van der Waals surface area contributed by atoms with E-state index in [0.717, 1.165) is 55.5 Å². The van der Waals surface area contributed by atoms with Crippen LogP contribution >= 0.6 is 0 Å². The number of pyridine rings is 2. The maximum absolute atomic E-state index is 13.5. The van der Waals surface area contributed by atoms with Crippen molar-refractivity contribution < 1.29 is 0 Å². The third kappa shape index (κ3) is 3.83. The summed E-state index contributed by atoms with van der Waals surface area (Å²) in [6.45, 7) is 7.55. The zero-order chi connectivity index (χ0) is 22.9. The van der Waals surface area contributed by atoms with Gasteiger partial charge in [-0.15, -0.1) is 0 Å². The van der Waals surface area contributed by atoms with E-state index in [4.69, 9.17) is 0 Å². The van der Waals surface area contributed by atoms with Crippen molar-refractivity contribution in [1.82, 2.24) is 14.9 Å². The molecule has 0 aliphatic rings. The van der Waals surface area contributed by atoms with Crippen molar-refractivity contribution in [3.8, 4) is 0 Å². The number of fused-ring (bicyclic) bond motifs is 4. The number of nitrogens with one attached hydrogen (secondary N) is 2. The van der Waals surface area contributed by atoms with E-state index >= 15 is 0 Å². The highest BCUT2D eigenvalue weighted by Crippen LogP contribution is 2.23. The molecule has 0 bridgehead atoms. The molecule has 0 amide bonds. The van der Waals surface area contributed by atoms with Gasteiger partial charge in [0, 0.05) is 33.6 Å². The first-order valence-electron chi connectivity index (χ1n) is 11.9. The highest BCUT2D eigenvalue weighted by molar-refractivity contribution is 6.03. The first-order valence-corrected chi connectivity index (χ1v) is 11.9.